The van der Waals surface area contributed by atoms with Crippen LogP contribution in [-0.2, 0) is 4.74 Å². The molecule has 1 heterocycles. The quantitative estimate of drug-likeness (QED) is 0.832. The SMILES string of the molecule is C/C=C/c1ccc(OCC(O)CN2CCOCC2)c(OC)c1. The number of rotatable bonds is 7. The highest BCUT2D eigenvalue weighted by atomic mass is 16.5. The van der Waals surface area contributed by atoms with Gasteiger partial charge >= 0.3 is 0 Å². The molecule has 0 saturated carbocycles. The van der Waals surface area contributed by atoms with Gasteiger partial charge < -0.3 is 19.3 Å². The Morgan fingerprint density at radius 1 is 1.32 bits per heavy atom. The van der Waals surface area contributed by atoms with Gasteiger partial charge in [0.05, 0.1) is 20.3 Å². The largest absolute Gasteiger partial charge is 0.493 e. The van der Waals surface area contributed by atoms with Crippen molar-refractivity contribution in [2.75, 3.05) is 46.6 Å². The molecule has 0 spiro atoms. The van der Waals surface area contributed by atoms with Crippen molar-refractivity contribution in [2.24, 2.45) is 0 Å². The molecule has 122 valence electrons. The summed E-state index contributed by atoms with van der Waals surface area (Å²) in [6, 6.07) is 5.76. The lowest BCUT2D eigenvalue weighted by Gasteiger charge is -2.28. The van der Waals surface area contributed by atoms with Crippen molar-refractivity contribution < 1.29 is 19.3 Å². The third-order valence-corrected chi connectivity index (χ3v) is 3.55. The second kappa shape index (κ2) is 8.78. The Morgan fingerprint density at radius 2 is 2.09 bits per heavy atom. The van der Waals surface area contributed by atoms with Gasteiger partial charge in [-0.3, -0.25) is 4.90 Å². The van der Waals surface area contributed by atoms with Crippen molar-refractivity contribution in [1.82, 2.24) is 4.90 Å². The van der Waals surface area contributed by atoms with Gasteiger partial charge in [-0.05, 0) is 24.6 Å². The lowest BCUT2D eigenvalue weighted by Crippen LogP contribution is -2.42. The van der Waals surface area contributed by atoms with Crippen molar-refractivity contribution >= 4 is 6.08 Å². The highest BCUT2D eigenvalue weighted by Crippen LogP contribution is 2.28. The number of allylic oxidation sites excluding steroid dienone is 1. The Kier molecular flexibility index (Phi) is 6.71. The van der Waals surface area contributed by atoms with Gasteiger partial charge in [0.2, 0.25) is 0 Å². The summed E-state index contributed by atoms with van der Waals surface area (Å²) in [5.74, 6) is 1.32. The van der Waals surface area contributed by atoms with Crippen molar-refractivity contribution in [3.05, 3.63) is 29.8 Å². The molecule has 1 aliphatic heterocycles. The molecule has 5 heteroatoms. The fourth-order valence-electron chi connectivity index (χ4n) is 2.42. The Bertz CT molecular complexity index is 484. The number of methoxy groups -OCH3 is 1. The topological polar surface area (TPSA) is 51.2 Å². The molecule has 1 atom stereocenters. The average Bonchev–Trinajstić information content (AvgIpc) is 2.54. The van der Waals surface area contributed by atoms with E-state index in [1.54, 1.807) is 7.11 Å². The summed E-state index contributed by atoms with van der Waals surface area (Å²) in [5.41, 5.74) is 1.06. The number of morpholine rings is 1. The molecule has 0 radical (unpaired) electrons. The van der Waals surface area contributed by atoms with E-state index in [4.69, 9.17) is 14.2 Å². The molecule has 1 aromatic carbocycles. The minimum Gasteiger partial charge on any atom is -0.493 e. The summed E-state index contributed by atoms with van der Waals surface area (Å²) < 4.78 is 16.3. The van der Waals surface area contributed by atoms with Crippen LogP contribution in [0.1, 0.15) is 12.5 Å². The first-order valence-corrected chi connectivity index (χ1v) is 7.64. The fourth-order valence-corrected chi connectivity index (χ4v) is 2.42. The summed E-state index contributed by atoms with van der Waals surface area (Å²) in [5, 5.41) is 10.1. The van der Waals surface area contributed by atoms with Crippen LogP contribution in [0, 0.1) is 0 Å². The van der Waals surface area contributed by atoms with Gasteiger partial charge in [-0.1, -0.05) is 18.2 Å². The third-order valence-electron chi connectivity index (χ3n) is 3.55. The molecule has 0 bridgehead atoms. The van der Waals surface area contributed by atoms with E-state index in [0.717, 1.165) is 31.9 Å². The van der Waals surface area contributed by atoms with Gasteiger partial charge in [-0.2, -0.15) is 0 Å². The zero-order valence-electron chi connectivity index (χ0n) is 13.3. The molecule has 1 saturated heterocycles. The van der Waals surface area contributed by atoms with Gasteiger partial charge in [0.1, 0.15) is 12.7 Å². The zero-order valence-corrected chi connectivity index (χ0v) is 13.3. The molecule has 1 aliphatic rings. The van der Waals surface area contributed by atoms with Crippen LogP contribution in [0.25, 0.3) is 6.08 Å². The predicted octanol–water partition coefficient (Wildman–Crippen LogP) is 1.80. The third kappa shape index (κ3) is 5.02. The van der Waals surface area contributed by atoms with E-state index >= 15 is 0 Å². The van der Waals surface area contributed by atoms with E-state index in [1.165, 1.54) is 0 Å². The summed E-state index contributed by atoms with van der Waals surface area (Å²) >= 11 is 0. The first-order valence-electron chi connectivity index (χ1n) is 7.64. The maximum atomic E-state index is 10.1. The molecule has 1 N–H and O–H groups in total. The van der Waals surface area contributed by atoms with Crippen LogP contribution in [0.3, 0.4) is 0 Å². The fraction of sp³-hybridized carbons (Fsp3) is 0.529. The minimum absolute atomic E-state index is 0.247. The van der Waals surface area contributed by atoms with Gasteiger partial charge in [0.25, 0.3) is 0 Å². The van der Waals surface area contributed by atoms with Crippen LogP contribution in [0.4, 0.5) is 0 Å². The summed E-state index contributed by atoms with van der Waals surface area (Å²) in [7, 11) is 1.62. The number of aliphatic hydroxyl groups excluding tert-OH is 1. The Morgan fingerprint density at radius 3 is 2.77 bits per heavy atom. The number of benzene rings is 1. The van der Waals surface area contributed by atoms with Crippen LogP contribution in [0.2, 0.25) is 0 Å². The first kappa shape index (κ1) is 16.8. The molecule has 0 aliphatic carbocycles. The molecule has 0 aromatic heterocycles. The van der Waals surface area contributed by atoms with E-state index in [0.29, 0.717) is 18.0 Å². The molecule has 0 amide bonds. The lowest BCUT2D eigenvalue weighted by atomic mass is 10.2. The molecule has 1 fully saturated rings. The first-order chi connectivity index (χ1) is 10.7. The number of hydrogen-bond donors (Lipinski definition) is 1. The molecule has 22 heavy (non-hydrogen) atoms. The highest BCUT2D eigenvalue weighted by Gasteiger charge is 2.16. The van der Waals surface area contributed by atoms with Crippen LogP contribution in [0.15, 0.2) is 24.3 Å². The molecular formula is C17H25NO4. The van der Waals surface area contributed by atoms with Crippen LogP contribution >= 0.6 is 0 Å². The molecule has 5 nitrogen and oxygen atoms in total. The Hall–Kier alpha value is -1.56. The van der Waals surface area contributed by atoms with Crippen molar-refractivity contribution in [3.8, 4) is 11.5 Å². The smallest absolute Gasteiger partial charge is 0.161 e. The second-order valence-corrected chi connectivity index (χ2v) is 5.29. The van der Waals surface area contributed by atoms with E-state index in [2.05, 4.69) is 4.90 Å². The molecule has 2 rings (SSSR count). The van der Waals surface area contributed by atoms with Crippen LogP contribution < -0.4 is 9.47 Å². The number of ether oxygens (including phenoxy) is 3. The van der Waals surface area contributed by atoms with Crippen LogP contribution in [-0.4, -0.2) is 62.7 Å². The molecular weight excluding hydrogens is 282 g/mol. The predicted molar refractivity (Wildman–Crippen MR) is 86.5 cm³/mol. The van der Waals surface area contributed by atoms with Gasteiger partial charge in [-0.25, -0.2) is 0 Å². The van der Waals surface area contributed by atoms with Crippen molar-refractivity contribution in [1.29, 1.82) is 0 Å². The Balaban J connectivity index is 1.87. The van der Waals surface area contributed by atoms with Crippen molar-refractivity contribution in [3.63, 3.8) is 0 Å². The standard InChI is InChI=1S/C17H25NO4/c1-3-4-14-5-6-16(17(11-14)20-2)22-13-15(19)12-18-7-9-21-10-8-18/h3-6,11,15,19H,7-10,12-13H2,1-2H3/b4-3+. The summed E-state index contributed by atoms with van der Waals surface area (Å²) in [6.45, 7) is 6.00. The van der Waals surface area contributed by atoms with Gasteiger partial charge in [0, 0.05) is 19.6 Å². The zero-order chi connectivity index (χ0) is 15.8. The lowest BCUT2D eigenvalue weighted by molar-refractivity contribution is 0.00445. The van der Waals surface area contributed by atoms with Gasteiger partial charge in [-0.15, -0.1) is 0 Å². The molecule has 1 aromatic rings. The van der Waals surface area contributed by atoms with Crippen LogP contribution in [0.5, 0.6) is 11.5 Å². The average molecular weight is 307 g/mol. The molecule has 1 unspecified atom stereocenters. The number of hydrogen-bond acceptors (Lipinski definition) is 5. The normalized spacial score (nSPS) is 17.6. The number of aliphatic hydroxyl groups is 1. The highest BCUT2D eigenvalue weighted by molar-refractivity contribution is 5.55. The minimum atomic E-state index is -0.530. The van der Waals surface area contributed by atoms with E-state index in [1.807, 2.05) is 37.3 Å². The second-order valence-electron chi connectivity index (χ2n) is 5.29. The maximum absolute atomic E-state index is 10.1. The summed E-state index contributed by atoms with van der Waals surface area (Å²) in [6.07, 6.45) is 3.44. The Labute approximate surface area is 132 Å². The maximum Gasteiger partial charge on any atom is 0.161 e. The number of β-amino-alcohol motifs (C(OH)–C–C–N with tert-alkyl or cyclic N) is 1. The van der Waals surface area contributed by atoms with E-state index in [9.17, 15) is 5.11 Å². The van der Waals surface area contributed by atoms with Gasteiger partial charge in [0.15, 0.2) is 11.5 Å². The number of nitrogens with zero attached hydrogens (tertiary/aromatic N) is 1. The van der Waals surface area contributed by atoms with Crippen molar-refractivity contribution in [2.45, 2.75) is 13.0 Å². The monoisotopic (exact) mass is 307 g/mol. The van der Waals surface area contributed by atoms with E-state index in [-0.39, 0.29) is 6.61 Å². The van der Waals surface area contributed by atoms with E-state index < -0.39 is 6.10 Å². The summed E-state index contributed by atoms with van der Waals surface area (Å²) in [4.78, 5) is 2.18.